The molecule has 0 unspecified atom stereocenters. The molecule has 2 heterocycles. The molecule has 1 aliphatic carbocycles. The SMILES string of the molecule is CCc1cccn(-c2cnn(C3CC3)c2)c1=O. The second kappa shape index (κ2) is 3.87. The summed E-state index contributed by atoms with van der Waals surface area (Å²) in [7, 11) is 0. The second-order valence-corrected chi connectivity index (χ2v) is 4.47. The highest BCUT2D eigenvalue weighted by Crippen LogP contribution is 2.34. The van der Waals surface area contributed by atoms with Crippen LogP contribution in [-0.2, 0) is 6.42 Å². The van der Waals surface area contributed by atoms with E-state index in [0.717, 1.165) is 17.7 Å². The van der Waals surface area contributed by atoms with Crippen LogP contribution in [0.4, 0.5) is 0 Å². The van der Waals surface area contributed by atoms with E-state index in [1.807, 2.05) is 29.9 Å². The summed E-state index contributed by atoms with van der Waals surface area (Å²) in [6.07, 6.45) is 8.68. The van der Waals surface area contributed by atoms with Gasteiger partial charge in [0.15, 0.2) is 0 Å². The van der Waals surface area contributed by atoms with Crippen molar-refractivity contribution in [2.75, 3.05) is 0 Å². The first kappa shape index (κ1) is 10.3. The van der Waals surface area contributed by atoms with Crippen LogP contribution in [0.2, 0.25) is 0 Å². The van der Waals surface area contributed by atoms with Crippen LogP contribution in [0, 0.1) is 0 Å². The summed E-state index contributed by atoms with van der Waals surface area (Å²) in [6.45, 7) is 1.99. The molecule has 2 aromatic rings. The third kappa shape index (κ3) is 1.79. The molecule has 2 aromatic heterocycles. The van der Waals surface area contributed by atoms with Crippen molar-refractivity contribution < 1.29 is 0 Å². The van der Waals surface area contributed by atoms with Crippen molar-refractivity contribution in [1.82, 2.24) is 14.3 Å². The minimum absolute atomic E-state index is 0.0605. The molecule has 0 bridgehead atoms. The average Bonchev–Trinajstić information content (AvgIpc) is 3.08. The van der Waals surface area contributed by atoms with Gasteiger partial charge in [0.1, 0.15) is 0 Å². The normalized spacial score (nSPS) is 15.1. The Kier molecular flexibility index (Phi) is 2.35. The highest BCUT2D eigenvalue weighted by atomic mass is 16.1. The van der Waals surface area contributed by atoms with Crippen LogP contribution in [0.25, 0.3) is 5.69 Å². The number of hydrogen-bond acceptors (Lipinski definition) is 2. The van der Waals surface area contributed by atoms with Crippen LogP contribution in [-0.4, -0.2) is 14.3 Å². The molecule has 17 heavy (non-hydrogen) atoms. The van der Waals surface area contributed by atoms with Crippen molar-refractivity contribution in [1.29, 1.82) is 0 Å². The molecule has 0 N–H and O–H groups in total. The van der Waals surface area contributed by atoms with Gasteiger partial charge in [-0.05, 0) is 25.3 Å². The van der Waals surface area contributed by atoms with Crippen LogP contribution in [0.1, 0.15) is 31.4 Å². The summed E-state index contributed by atoms with van der Waals surface area (Å²) in [5, 5.41) is 4.31. The van der Waals surface area contributed by atoms with Crippen molar-refractivity contribution in [2.45, 2.75) is 32.2 Å². The molecule has 1 fully saturated rings. The molecule has 1 saturated carbocycles. The lowest BCUT2D eigenvalue weighted by molar-refractivity contribution is 0.641. The van der Waals surface area contributed by atoms with Crippen LogP contribution >= 0.6 is 0 Å². The van der Waals surface area contributed by atoms with Crippen LogP contribution in [0.3, 0.4) is 0 Å². The minimum atomic E-state index is 0.0605. The predicted molar refractivity (Wildman–Crippen MR) is 65.5 cm³/mol. The van der Waals surface area contributed by atoms with E-state index < -0.39 is 0 Å². The lowest BCUT2D eigenvalue weighted by atomic mass is 10.2. The fourth-order valence-electron chi connectivity index (χ4n) is 2.00. The van der Waals surface area contributed by atoms with Crippen molar-refractivity contribution in [2.24, 2.45) is 0 Å². The fraction of sp³-hybridized carbons (Fsp3) is 0.385. The van der Waals surface area contributed by atoms with Crippen molar-refractivity contribution in [3.63, 3.8) is 0 Å². The third-order valence-electron chi connectivity index (χ3n) is 3.19. The first-order valence-electron chi connectivity index (χ1n) is 6.04. The monoisotopic (exact) mass is 229 g/mol. The van der Waals surface area contributed by atoms with Crippen LogP contribution < -0.4 is 5.56 Å². The van der Waals surface area contributed by atoms with Crippen molar-refractivity contribution in [3.8, 4) is 5.69 Å². The van der Waals surface area contributed by atoms with Gasteiger partial charge in [0.25, 0.3) is 5.56 Å². The number of pyridine rings is 1. The summed E-state index contributed by atoms with van der Waals surface area (Å²) in [4.78, 5) is 12.1. The molecule has 1 aliphatic rings. The summed E-state index contributed by atoms with van der Waals surface area (Å²) in [5.41, 5.74) is 1.76. The van der Waals surface area contributed by atoms with Crippen LogP contribution in [0.15, 0.2) is 35.5 Å². The van der Waals surface area contributed by atoms with E-state index in [0.29, 0.717) is 6.04 Å². The Morgan fingerprint density at radius 3 is 3.00 bits per heavy atom. The molecule has 4 nitrogen and oxygen atoms in total. The molecule has 0 saturated heterocycles. The van der Waals surface area contributed by atoms with Gasteiger partial charge in [-0.1, -0.05) is 13.0 Å². The van der Waals surface area contributed by atoms with Crippen molar-refractivity contribution >= 4 is 0 Å². The maximum Gasteiger partial charge on any atom is 0.258 e. The van der Waals surface area contributed by atoms with Gasteiger partial charge < -0.3 is 0 Å². The molecule has 0 aromatic carbocycles. The van der Waals surface area contributed by atoms with Gasteiger partial charge >= 0.3 is 0 Å². The molecule has 0 aliphatic heterocycles. The minimum Gasteiger partial charge on any atom is -0.281 e. The Morgan fingerprint density at radius 2 is 2.29 bits per heavy atom. The van der Waals surface area contributed by atoms with E-state index in [1.165, 1.54) is 12.8 Å². The number of hydrogen-bond donors (Lipinski definition) is 0. The molecule has 3 rings (SSSR count). The zero-order valence-electron chi connectivity index (χ0n) is 9.84. The van der Waals surface area contributed by atoms with E-state index in [9.17, 15) is 4.79 Å². The molecular formula is C13H15N3O. The summed E-state index contributed by atoms with van der Waals surface area (Å²) in [5.74, 6) is 0. The van der Waals surface area contributed by atoms with E-state index in [-0.39, 0.29) is 5.56 Å². The first-order chi connectivity index (χ1) is 8.29. The molecule has 4 heteroatoms. The Morgan fingerprint density at radius 1 is 1.47 bits per heavy atom. The molecule has 0 atom stereocenters. The average molecular weight is 229 g/mol. The topological polar surface area (TPSA) is 39.8 Å². The predicted octanol–water partition coefficient (Wildman–Crippen LogP) is 1.93. The Hall–Kier alpha value is -1.84. The van der Waals surface area contributed by atoms with Gasteiger partial charge in [0.2, 0.25) is 0 Å². The number of nitrogens with zero attached hydrogens (tertiary/aromatic N) is 3. The Labute approximate surface area is 99.5 Å². The molecular weight excluding hydrogens is 214 g/mol. The largest absolute Gasteiger partial charge is 0.281 e. The van der Waals surface area contributed by atoms with Crippen LogP contribution in [0.5, 0.6) is 0 Å². The fourth-order valence-corrected chi connectivity index (χ4v) is 2.00. The number of rotatable bonds is 3. The molecule has 0 amide bonds. The summed E-state index contributed by atoms with van der Waals surface area (Å²) < 4.78 is 3.63. The maximum absolute atomic E-state index is 12.1. The smallest absolute Gasteiger partial charge is 0.258 e. The van der Waals surface area contributed by atoms with E-state index >= 15 is 0 Å². The van der Waals surface area contributed by atoms with Gasteiger partial charge in [0.05, 0.1) is 17.9 Å². The maximum atomic E-state index is 12.1. The van der Waals surface area contributed by atoms with Gasteiger partial charge in [-0.3, -0.25) is 14.0 Å². The zero-order chi connectivity index (χ0) is 11.8. The lowest BCUT2D eigenvalue weighted by Gasteiger charge is -2.03. The number of aromatic nitrogens is 3. The quantitative estimate of drug-likeness (QED) is 0.806. The third-order valence-corrected chi connectivity index (χ3v) is 3.19. The van der Waals surface area contributed by atoms with Gasteiger partial charge in [-0.25, -0.2) is 0 Å². The summed E-state index contributed by atoms with van der Waals surface area (Å²) >= 11 is 0. The highest BCUT2D eigenvalue weighted by molar-refractivity contribution is 5.28. The van der Waals surface area contributed by atoms with E-state index in [4.69, 9.17) is 0 Å². The Balaban J connectivity index is 2.04. The lowest BCUT2D eigenvalue weighted by Crippen LogP contribution is -2.20. The standard InChI is InChI=1S/C13H15N3O/c1-2-10-4-3-7-15(13(10)17)12-8-14-16(9-12)11-5-6-11/h3-4,7-9,11H,2,5-6H2,1H3. The second-order valence-electron chi connectivity index (χ2n) is 4.47. The van der Waals surface area contributed by atoms with Crippen molar-refractivity contribution in [3.05, 3.63) is 46.6 Å². The summed E-state index contributed by atoms with van der Waals surface area (Å²) in [6, 6.07) is 4.34. The van der Waals surface area contributed by atoms with E-state index in [1.54, 1.807) is 17.0 Å². The Bertz CT molecular complexity index is 593. The zero-order valence-corrected chi connectivity index (χ0v) is 9.84. The highest BCUT2D eigenvalue weighted by Gasteiger charge is 2.24. The van der Waals surface area contributed by atoms with Gasteiger partial charge in [-0.2, -0.15) is 5.10 Å². The first-order valence-corrected chi connectivity index (χ1v) is 6.04. The number of aryl methyl sites for hydroxylation is 1. The van der Waals surface area contributed by atoms with Gasteiger partial charge in [0, 0.05) is 18.0 Å². The van der Waals surface area contributed by atoms with Gasteiger partial charge in [-0.15, -0.1) is 0 Å². The molecule has 0 spiro atoms. The molecule has 88 valence electrons. The molecule has 0 radical (unpaired) electrons. The van der Waals surface area contributed by atoms with E-state index in [2.05, 4.69) is 5.10 Å².